The van der Waals surface area contributed by atoms with Crippen LogP contribution in [0.4, 0.5) is 4.39 Å². The maximum atomic E-state index is 13.2. The molecule has 0 aromatic heterocycles. The van der Waals surface area contributed by atoms with Crippen molar-refractivity contribution in [1.29, 1.82) is 0 Å². The lowest BCUT2D eigenvalue weighted by Gasteiger charge is -2.19. The van der Waals surface area contributed by atoms with E-state index in [1.807, 2.05) is 0 Å². The number of aliphatic hydroxyl groups excluding tert-OH is 1. The maximum absolute atomic E-state index is 13.2. The minimum atomic E-state index is -4.13. The van der Waals surface area contributed by atoms with E-state index in [-0.39, 0.29) is 13.0 Å². The van der Waals surface area contributed by atoms with Crippen molar-refractivity contribution < 1.29 is 27.8 Å². The summed E-state index contributed by atoms with van der Waals surface area (Å²) in [6, 6.07) is 2.48. The summed E-state index contributed by atoms with van der Waals surface area (Å²) in [5, 5.41) is 18.1. The largest absolute Gasteiger partial charge is 0.478 e. The Hall–Kier alpha value is -1.51. The molecule has 1 rings (SSSR count). The van der Waals surface area contributed by atoms with Gasteiger partial charge in [0.05, 0.1) is 16.6 Å². The van der Waals surface area contributed by atoms with Gasteiger partial charge < -0.3 is 10.2 Å². The van der Waals surface area contributed by atoms with E-state index in [0.717, 1.165) is 16.4 Å². The number of hydrogen-bond donors (Lipinski definition) is 2. The van der Waals surface area contributed by atoms with Crippen LogP contribution in [0.15, 0.2) is 23.1 Å². The standard InChI is InChI=1S/C12H16FNO5S/c1-8(15)5-6-14(2)20(18,19)11-7-9(13)3-4-10(11)12(16)17/h3-4,7-8,15H,5-6H2,1-2H3,(H,16,17). The van der Waals surface area contributed by atoms with Gasteiger partial charge in [-0.3, -0.25) is 0 Å². The average molecular weight is 305 g/mol. The van der Waals surface area contributed by atoms with E-state index < -0.39 is 38.4 Å². The van der Waals surface area contributed by atoms with Crippen molar-refractivity contribution in [3.05, 3.63) is 29.6 Å². The van der Waals surface area contributed by atoms with Gasteiger partial charge in [0.15, 0.2) is 0 Å². The molecule has 0 fully saturated rings. The molecule has 0 spiro atoms. The molecule has 112 valence electrons. The molecule has 0 aliphatic heterocycles. The van der Waals surface area contributed by atoms with E-state index >= 15 is 0 Å². The van der Waals surface area contributed by atoms with E-state index in [1.165, 1.54) is 14.0 Å². The third kappa shape index (κ3) is 3.75. The average Bonchev–Trinajstić information content (AvgIpc) is 2.35. The van der Waals surface area contributed by atoms with Crippen molar-refractivity contribution in [3.8, 4) is 0 Å². The number of aliphatic hydroxyl groups is 1. The minimum Gasteiger partial charge on any atom is -0.478 e. The third-order valence-electron chi connectivity index (χ3n) is 2.72. The van der Waals surface area contributed by atoms with E-state index in [1.54, 1.807) is 0 Å². The van der Waals surface area contributed by atoms with Crippen molar-refractivity contribution in [1.82, 2.24) is 4.31 Å². The Morgan fingerprint density at radius 3 is 2.55 bits per heavy atom. The molecule has 0 amide bonds. The fourth-order valence-corrected chi connectivity index (χ4v) is 2.92. The van der Waals surface area contributed by atoms with Gasteiger partial charge in [-0.2, -0.15) is 0 Å². The second-order valence-electron chi connectivity index (χ2n) is 4.41. The van der Waals surface area contributed by atoms with Crippen LogP contribution in [-0.2, 0) is 10.0 Å². The Morgan fingerprint density at radius 1 is 1.45 bits per heavy atom. The molecule has 0 aliphatic rings. The van der Waals surface area contributed by atoms with Gasteiger partial charge in [-0.15, -0.1) is 0 Å². The normalized spacial score (nSPS) is 13.4. The Labute approximate surface area is 116 Å². The first-order valence-electron chi connectivity index (χ1n) is 5.83. The van der Waals surface area contributed by atoms with Crippen LogP contribution < -0.4 is 0 Å². The number of sulfonamides is 1. The van der Waals surface area contributed by atoms with Crippen LogP contribution in [0.1, 0.15) is 23.7 Å². The van der Waals surface area contributed by atoms with Crippen molar-refractivity contribution in [2.45, 2.75) is 24.3 Å². The van der Waals surface area contributed by atoms with Crippen molar-refractivity contribution in [2.24, 2.45) is 0 Å². The lowest BCUT2D eigenvalue weighted by atomic mass is 10.2. The lowest BCUT2D eigenvalue weighted by molar-refractivity contribution is 0.0692. The van der Waals surface area contributed by atoms with Gasteiger partial charge >= 0.3 is 5.97 Å². The highest BCUT2D eigenvalue weighted by Crippen LogP contribution is 2.21. The number of halogens is 1. The fourth-order valence-electron chi connectivity index (χ4n) is 1.54. The first-order chi connectivity index (χ1) is 9.16. The number of benzene rings is 1. The number of carboxylic acids is 1. The Bertz CT molecular complexity index is 600. The molecule has 0 aliphatic carbocycles. The number of carboxylic acid groups (broad SMARTS) is 1. The molecule has 0 saturated carbocycles. The summed E-state index contributed by atoms with van der Waals surface area (Å²) in [4.78, 5) is 10.4. The van der Waals surface area contributed by atoms with Gasteiger partial charge in [0, 0.05) is 13.6 Å². The minimum absolute atomic E-state index is 0.00439. The van der Waals surface area contributed by atoms with Gasteiger partial charge in [-0.1, -0.05) is 0 Å². The van der Waals surface area contributed by atoms with Crippen LogP contribution in [0.2, 0.25) is 0 Å². The second kappa shape index (κ2) is 6.29. The number of rotatable bonds is 6. The summed E-state index contributed by atoms with van der Waals surface area (Å²) < 4.78 is 38.6. The first kappa shape index (κ1) is 16.5. The fraction of sp³-hybridized carbons (Fsp3) is 0.417. The van der Waals surface area contributed by atoms with E-state index in [9.17, 15) is 17.6 Å². The molecular weight excluding hydrogens is 289 g/mol. The predicted molar refractivity (Wildman–Crippen MR) is 69.5 cm³/mol. The molecule has 1 unspecified atom stereocenters. The highest BCUT2D eigenvalue weighted by molar-refractivity contribution is 7.89. The summed E-state index contributed by atoms with van der Waals surface area (Å²) >= 11 is 0. The summed E-state index contributed by atoms with van der Waals surface area (Å²) in [6.07, 6.45) is -0.507. The van der Waals surface area contributed by atoms with Crippen LogP contribution in [0.25, 0.3) is 0 Å². The zero-order valence-electron chi connectivity index (χ0n) is 11.1. The van der Waals surface area contributed by atoms with E-state index in [2.05, 4.69) is 0 Å². The van der Waals surface area contributed by atoms with E-state index in [4.69, 9.17) is 10.2 Å². The number of aromatic carboxylic acids is 1. The third-order valence-corrected chi connectivity index (χ3v) is 4.62. The zero-order chi connectivity index (χ0) is 15.5. The van der Waals surface area contributed by atoms with Crippen molar-refractivity contribution in [3.63, 3.8) is 0 Å². The van der Waals surface area contributed by atoms with Crippen LogP contribution in [-0.4, -0.2) is 48.6 Å². The molecule has 1 atom stereocenters. The van der Waals surface area contributed by atoms with Gasteiger partial charge in [0.1, 0.15) is 5.82 Å². The quantitative estimate of drug-likeness (QED) is 0.815. The summed E-state index contributed by atoms with van der Waals surface area (Å²) in [5.41, 5.74) is -0.490. The SMILES string of the molecule is CC(O)CCN(C)S(=O)(=O)c1cc(F)ccc1C(=O)O. The molecule has 8 heteroatoms. The summed E-state index contributed by atoms with van der Waals surface area (Å²) in [6.45, 7) is 1.50. The molecule has 1 aromatic carbocycles. The molecule has 0 saturated heterocycles. The topological polar surface area (TPSA) is 94.9 Å². The second-order valence-corrected chi connectivity index (χ2v) is 6.42. The van der Waals surface area contributed by atoms with Crippen molar-refractivity contribution >= 4 is 16.0 Å². The van der Waals surface area contributed by atoms with Gasteiger partial charge in [-0.05, 0) is 31.5 Å². The smallest absolute Gasteiger partial charge is 0.337 e. The van der Waals surface area contributed by atoms with Crippen LogP contribution in [0.5, 0.6) is 0 Å². The molecule has 6 nitrogen and oxygen atoms in total. The highest BCUT2D eigenvalue weighted by atomic mass is 32.2. The molecule has 0 radical (unpaired) electrons. The number of hydrogen-bond acceptors (Lipinski definition) is 4. The Morgan fingerprint density at radius 2 is 2.05 bits per heavy atom. The molecule has 20 heavy (non-hydrogen) atoms. The van der Waals surface area contributed by atoms with Crippen molar-refractivity contribution in [2.75, 3.05) is 13.6 Å². The van der Waals surface area contributed by atoms with Crippen LogP contribution in [0, 0.1) is 5.82 Å². The van der Waals surface area contributed by atoms with Gasteiger partial charge in [0.2, 0.25) is 10.0 Å². The monoisotopic (exact) mass is 305 g/mol. The molecule has 2 N–H and O–H groups in total. The predicted octanol–water partition coefficient (Wildman–Crippen LogP) is 0.915. The molecule has 0 bridgehead atoms. The molecule has 1 aromatic rings. The van der Waals surface area contributed by atoms with E-state index in [0.29, 0.717) is 6.07 Å². The zero-order valence-corrected chi connectivity index (χ0v) is 11.9. The number of nitrogens with zero attached hydrogens (tertiary/aromatic N) is 1. The van der Waals surface area contributed by atoms with Crippen LogP contribution in [0.3, 0.4) is 0 Å². The van der Waals surface area contributed by atoms with Gasteiger partial charge in [0.25, 0.3) is 0 Å². The summed E-state index contributed by atoms with van der Waals surface area (Å²) in [5.74, 6) is -2.29. The number of carbonyl (C=O) groups is 1. The summed E-state index contributed by atoms with van der Waals surface area (Å²) in [7, 11) is -2.89. The first-order valence-corrected chi connectivity index (χ1v) is 7.27. The lowest BCUT2D eigenvalue weighted by Crippen LogP contribution is -2.30. The molecule has 0 heterocycles. The Kier molecular flexibility index (Phi) is 5.21. The maximum Gasteiger partial charge on any atom is 0.337 e. The highest BCUT2D eigenvalue weighted by Gasteiger charge is 2.27. The van der Waals surface area contributed by atoms with Gasteiger partial charge in [-0.25, -0.2) is 21.9 Å². The van der Waals surface area contributed by atoms with Crippen LogP contribution >= 0.6 is 0 Å². The molecular formula is C12H16FNO5S. The Balaban J connectivity index is 3.21.